The summed E-state index contributed by atoms with van der Waals surface area (Å²) in [5, 5.41) is 9.30. The molecule has 0 bridgehead atoms. The fraction of sp³-hybridized carbons (Fsp3) is 0.786. The van der Waals surface area contributed by atoms with Crippen molar-refractivity contribution in [3.63, 3.8) is 0 Å². The van der Waals surface area contributed by atoms with Gasteiger partial charge in [-0.25, -0.2) is 4.79 Å². The highest BCUT2D eigenvalue weighted by molar-refractivity contribution is 5.71. The van der Waals surface area contributed by atoms with Gasteiger partial charge in [0, 0.05) is 13.1 Å². The SMILES string of the molecule is COC(=O)CC1(C#N)CCN(C(=O)OC(C)(C)C)CC1. The standard InChI is InChI=1S/C14H22N2O4/c1-13(2,3)20-12(18)16-7-5-14(10-15,6-8-16)9-11(17)19-4/h5-9H2,1-4H3. The number of nitriles is 1. The summed E-state index contributed by atoms with van der Waals surface area (Å²) in [6.07, 6.45) is 0.611. The maximum absolute atomic E-state index is 11.9. The van der Waals surface area contributed by atoms with Crippen molar-refractivity contribution < 1.29 is 19.1 Å². The molecule has 0 aromatic carbocycles. The predicted octanol–water partition coefficient (Wildman–Crippen LogP) is 2.09. The van der Waals surface area contributed by atoms with E-state index in [1.54, 1.807) is 4.90 Å². The number of hydrogen-bond donors (Lipinski definition) is 0. The highest BCUT2D eigenvalue weighted by Gasteiger charge is 2.39. The van der Waals surface area contributed by atoms with Crippen molar-refractivity contribution in [2.75, 3.05) is 20.2 Å². The first-order chi connectivity index (χ1) is 9.21. The molecule has 0 aliphatic carbocycles. The summed E-state index contributed by atoms with van der Waals surface area (Å²) >= 11 is 0. The van der Waals surface area contributed by atoms with Crippen LogP contribution in [-0.4, -0.2) is 42.8 Å². The van der Waals surface area contributed by atoms with Crippen molar-refractivity contribution >= 4 is 12.1 Å². The number of likely N-dealkylation sites (tertiary alicyclic amines) is 1. The molecule has 0 unspecified atom stereocenters. The second-order valence-electron chi connectivity index (χ2n) is 6.11. The van der Waals surface area contributed by atoms with Gasteiger partial charge in [0.15, 0.2) is 0 Å². The minimum atomic E-state index is -0.731. The van der Waals surface area contributed by atoms with E-state index >= 15 is 0 Å². The molecule has 1 aliphatic heterocycles. The smallest absolute Gasteiger partial charge is 0.410 e. The fourth-order valence-electron chi connectivity index (χ4n) is 2.12. The number of hydrogen-bond acceptors (Lipinski definition) is 5. The predicted molar refractivity (Wildman–Crippen MR) is 71.7 cm³/mol. The maximum Gasteiger partial charge on any atom is 0.410 e. The van der Waals surface area contributed by atoms with Crippen LogP contribution in [0.3, 0.4) is 0 Å². The fourth-order valence-corrected chi connectivity index (χ4v) is 2.12. The number of carbonyl (C=O) groups is 2. The molecule has 1 fully saturated rings. The van der Waals surface area contributed by atoms with Crippen LogP contribution < -0.4 is 0 Å². The highest BCUT2D eigenvalue weighted by atomic mass is 16.6. The van der Waals surface area contributed by atoms with Crippen LogP contribution in [0.5, 0.6) is 0 Å². The average molecular weight is 282 g/mol. The molecule has 6 nitrogen and oxygen atoms in total. The Balaban J connectivity index is 2.60. The zero-order valence-electron chi connectivity index (χ0n) is 12.6. The molecule has 6 heteroatoms. The largest absolute Gasteiger partial charge is 0.469 e. The third-order valence-corrected chi connectivity index (χ3v) is 3.32. The van der Waals surface area contributed by atoms with Gasteiger partial charge >= 0.3 is 12.1 Å². The third kappa shape index (κ3) is 4.41. The van der Waals surface area contributed by atoms with Crippen molar-refractivity contribution in [3.05, 3.63) is 0 Å². The number of ether oxygens (including phenoxy) is 2. The Morgan fingerprint density at radius 2 is 1.85 bits per heavy atom. The molecule has 112 valence electrons. The number of esters is 1. The van der Waals surface area contributed by atoms with Crippen LogP contribution in [0.25, 0.3) is 0 Å². The van der Waals surface area contributed by atoms with Crippen LogP contribution in [0, 0.1) is 16.7 Å². The zero-order valence-corrected chi connectivity index (χ0v) is 12.6. The number of piperidine rings is 1. The molecular weight excluding hydrogens is 260 g/mol. The third-order valence-electron chi connectivity index (χ3n) is 3.32. The van der Waals surface area contributed by atoms with Gasteiger partial charge in [-0.05, 0) is 33.6 Å². The molecule has 0 spiro atoms. The van der Waals surface area contributed by atoms with Crippen molar-refractivity contribution in [1.29, 1.82) is 5.26 Å². The van der Waals surface area contributed by atoms with Crippen LogP contribution in [0.1, 0.15) is 40.0 Å². The Hall–Kier alpha value is -1.77. The van der Waals surface area contributed by atoms with Crippen LogP contribution in [0.4, 0.5) is 4.79 Å². The lowest BCUT2D eigenvalue weighted by Crippen LogP contribution is -2.45. The lowest BCUT2D eigenvalue weighted by atomic mass is 9.77. The van der Waals surface area contributed by atoms with E-state index in [4.69, 9.17) is 4.74 Å². The number of carbonyl (C=O) groups excluding carboxylic acids is 2. The van der Waals surface area contributed by atoms with Crippen molar-refractivity contribution in [1.82, 2.24) is 4.90 Å². The second kappa shape index (κ2) is 6.12. The van der Waals surface area contributed by atoms with E-state index in [1.807, 2.05) is 20.8 Å². The van der Waals surface area contributed by atoms with E-state index in [9.17, 15) is 14.9 Å². The molecule has 0 aromatic rings. The van der Waals surface area contributed by atoms with E-state index in [-0.39, 0.29) is 12.5 Å². The Labute approximate surface area is 119 Å². The first-order valence-corrected chi connectivity index (χ1v) is 6.67. The first kappa shape index (κ1) is 16.3. The lowest BCUT2D eigenvalue weighted by molar-refractivity contribution is -0.143. The molecule has 1 saturated heterocycles. The van der Waals surface area contributed by atoms with E-state index in [1.165, 1.54) is 7.11 Å². The summed E-state index contributed by atoms with van der Waals surface area (Å²) in [4.78, 5) is 24.9. The molecule has 0 atom stereocenters. The molecular formula is C14H22N2O4. The zero-order chi connectivity index (χ0) is 15.4. The normalized spacial score (nSPS) is 18.1. The lowest BCUT2D eigenvalue weighted by Gasteiger charge is -2.37. The summed E-state index contributed by atoms with van der Waals surface area (Å²) in [6, 6.07) is 2.21. The topological polar surface area (TPSA) is 79.6 Å². The minimum Gasteiger partial charge on any atom is -0.469 e. The number of amides is 1. The van der Waals surface area contributed by atoms with Gasteiger partial charge in [0.05, 0.1) is 25.0 Å². The average Bonchev–Trinajstić information content (AvgIpc) is 2.37. The Bertz CT molecular complexity index is 412. The van der Waals surface area contributed by atoms with E-state index in [0.29, 0.717) is 25.9 Å². The molecule has 20 heavy (non-hydrogen) atoms. The first-order valence-electron chi connectivity index (χ1n) is 6.67. The van der Waals surface area contributed by atoms with Crippen molar-refractivity contribution in [3.8, 4) is 6.07 Å². The van der Waals surface area contributed by atoms with Crippen molar-refractivity contribution in [2.24, 2.45) is 5.41 Å². The van der Waals surface area contributed by atoms with E-state index in [2.05, 4.69) is 10.8 Å². The van der Waals surface area contributed by atoms with E-state index in [0.717, 1.165) is 0 Å². The van der Waals surface area contributed by atoms with Gasteiger partial charge in [0.1, 0.15) is 5.60 Å². The van der Waals surface area contributed by atoms with Gasteiger partial charge in [0.2, 0.25) is 0 Å². The maximum atomic E-state index is 11.9. The molecule has 0 radical (unpaired) electrons. The van der Waals surface area contributed by atoms with Crippen LogP contribution in [0.2, 0.25) is 0 Å². The molecule has 0 aromatic heterocycles. The molecule has 1 amide bonds. The summed E-state index contributed by atoms with van der Waals surface area (Å²) in [7, 11) is 1.31. The van der Waals surface area contributed by atoms with Gasteiger partial charge in [-0.1, -0.05) is 0 Å². The van der Waals surface area contributed by atoms with Crippen molar-refractivity contribution in [2.45, 2.75) is 45.6 Å². The number of methoxy groups -OCH3 is 1. The summed E-state index contributed by atoms with van der Waals surface area (Å²) in [6.45, 7) is 6.27. The monoisotopic (exact) mass is 282 g/mol. The molecule has 1 heterocycles. The van der Waals surface area contributed by atoms with Gasteiger partial charge in [-0.15, -0.1) is 0 Å². The Morgan fingerprint density at radius 3 is 2.25 bits per heavy atom. The quantitative estimate of drug-likeness (QED) is 0.724. The molecule has 0 saturated carbocycles. The van der Waals surface area contributed by atoms with Gasteiger partial charge in [0.25, 0.3) is 0 Å². The Kier molecular flexibility index (Phi) is 4.98. The minimum absolute atomic E-state index is 0.0716. The van der Waals surface area contributed by atoms with Gasteiger partial charge in [-0.2, -0.15) is 5.26 Å². The molecule has 0 N–H and O–H groups in total. The van der Waals surface area contributed by atoms with Gasteiger partial charge < -0.3 is 14.4 Å². The summed E-state index contributed by atoms with van der Waals surface area (Å²) in [5.74, 6) is -0.391. The van der Waals surface area contributed by atoms with Crippen LogP contribution >= 0.6 is 0 Å². The number of nitrogens with zero attached hydrogens (tertiary/aromatic N) is 2. The summed E-state index contributed by atoms with van der Waals surface area (Å²) in [5.41, 5.74) is -1.27. The Morgan fingerprint density at radius 1 is 1.30 bits per heavy atom. The highest BCUT2D eigenvalue weighted by Crippen LogP contribution is 2.35. The number of rotatable bonds is 2. The van der Waals surface area contributed by atoms with Crippen LogP contribution in [-0.2, 0) is 14.3 Å². The second-order valence-corrected chi connectivity index (χ2v) is 6.11. The molecule has 1 rings (SSSR count). The summed E-state index contributed by atoms with van der Waals surface area (Å²) < 4.78 is 9.92. The van der Waals surface area contributed by atoms with E-state index < -0.39 is 17.0 Å². The van der Waals surface area contributed by atoms with Gasteiger partial charge in [-0.3, -0.25) is 4.79 Å². The van der Waals surface area contributed by atoms with Crippen LogP contribution in [0.15, 0.2) is 0 Å². The molecule has 1 aliphatic rings.